The van der Waals surface area contributed by atoms with Crippen LogP contribution in [-0.4, -0.2) is 18.2 Å². The fraction of sp³-hybridized carbons (Fsp3) is 0.400. The third kappa shape index (κ3) is 6.35. The van der Waals surface area contributed by atoms with Crippen LogP contribution in [0, 0.1) is 11.8 Å². The van der Waals surface area contributed by atoms with E-state index in [-0.39, 0.29) is 0 Å². The molecule has 5 heteroatoms. The average molecular weight is 295 g/mol. The van der Waals surface area contributed by atoms with Crippen LogP contribution >= 0.6 is 11.6 Å². The molecule has 0 saturated heterocycles. The number of nitrogens with one attached hydrogen (secondary N) is 1. The molecule has 1 aromatic carbocycles. The van der Waals surface area contributed by atoms with Gasteiger partial charge < -0.3 is 15.8 Å². The van der Waals surface area contributed by atoms with E-state index in [0.29, 0.717) is 23.7 Å². The van der Waals surface area contributed by atoms with Crippen LogP contribution in [0.4, 0.5) is 10.5 Å². The number of nitrogen functional groups attached to an aromatic ring is 1. The number of nitrogens with two attached hydrogens (primary N) is 1. The Labute approximate surface area is 124 Å². The predicted molar refractivity (Wildman–Crippen MR) is 81.6 cm³/mol. The lowest BCUT2D eigenvalue weighted by Gasteiger charge is -2.19. The third-order valence-corrected chi connectivity index (χ3v) is 2.39. The summed E-state index contributed by atoms with van der Waals surface area (Å²) in [6, 6.07) is 5.16. The minimum absolute atomic E-state index is 0.426. The van der Waals surface area contributed by atoms with Crippen molar-refractivity contribution in [2.75, 3.05) is 12.3 Å². The SMILES string of the molecule is CC(C)(C)OC(=O)NCCC#Cc1ccc(Cl)cc1N. The number of ether oxygens (including phenoxy) is 1. The van der Waals surface area contributed by atoms with Crippen LogP contribution in [0.3, 0.4) is 0 Å². The maximum absolute atomic E-state index is 11.4. The highest BCUT2D eigenvalue weighted by molar-refractivity contribution is 6.30. The molecular weight excluding hydrogens is 276 g/mol. The number of carbonyl (C=O) groups excluding carboxylic acids is 1. The number of carbonyl (C=O) groups is 1. The normalized spacial score (nSPS) is 10.4. The third-order valence-electron chi connectivity index (χ3n) is 2.15. The molecule has 1 aromatic rings. The molecule has 0 aromatic heterocycles. The van der Waals surface area contributed by atoms with Gasteiger partial charge in [0.05, 0.1) is 0 Å². The molecule has 4 nitrogen and oxygen atoms in total. The van der Waals surface area contributed by atoms with Crippen molar-refractivity contribution in [3.8, 4) is 11.8 Å². The molecule has 1 amide bonds. The topological polar surface area (TPSA) is 64.3 Å². The fourth-order valence-corrected chi connectivity index (χ4v) is 1.53. The van der Waals surface area contributed by atoms with E-state index >= 15 is 0 Å². The molecule has 0 radical (unpaired) electrons. The van der Waals surface area contributed by atoms with Gasteiger partial charge in [-0.15, -0.1) is 0 Å². The molecule has 20 heavy (non-hydrogen) atoms. The Morgan fingerprint density at radius 2 is 2.15 bits per heavy atom. The molecule has 0 aliphatic rings. The maximum atomic E-state index is 11.4. The first kappa shape index (κ1) is 16.2. The van der Waals surface area contributed by atoms with Crippen molar-refractivity contribution < 1.29 is 9.53 Å². The smallest absolute Gasteiger partial charge is 0.407 e. The zero-order chi connectivity index (χ0) is 15.2. The van der Waals surface area contributed by atoms with Gasteiger partial charge in [0.1, 0.15) is 5.60 Å². The summed E-state index contributed by atoms with van der Waals surface area (Å²) in [5, 5.41) is 3.22. The molecule has 0 heterocycles. The highest BCUT2D eigenvalue weighted by atomic mass is 35.5. The van der Waals surface area contributed by atoms with Gasteiger partial charge in [0.15, 0.2) is 0 Å². The first-order valence-electron chi connectivity index (χ1n) is 6.29. The van der Waals surface area contributed by atoms with Crippen LogP contribution in [-0.2, 0) is 4.74 Å². The van der Waals surface area contributed by atoms with Crippen LogP contribution < -0.4 is 11.1 Å². The van der Waals surface area contributed by atoms with E-state index in [9.17, 15) is 4.79 Å². The van der Waals surface area contributed by atoms with Gasteiger partial charge in [-0.25, -0.2) is 4.79 Å². The monoisotopic (exact) mass is 294 g/mol. The number of alkyl carbamates (subject to hydrolysis) is 1. The molecular formula is C15H19ClN2O2. The van der Waals surface area contributed by atoms with Crippen LogP contribution in [0.5, 0.6) is 0 Å². The highest BCUT2D eigenvalue weighted by Gasteiger charge is 2.15. The van der Waals surface area contributed by atoms with Crippen molar-refractivity contribution in [3.05, 3.63) is 28.8 Å². The Balaban J connectivity index is 2.38. The van der Waals surface area contributed by atoms with Crippen LogP contribution in [0.1, 0.15) is 32.8 Å². The molecule has 0 unspecified atom stereocenters. The van der Waals surface area contributed by atoms with Crippen molar-refractivity contribution in [3.63, 3.8) is 0 Å². The van der Waals surface area contributed by atoms with Crippen molar-refractivity contribution in [2.24, 2.45) is 0 Å². The van der Waals surface area contributed by atoms with Crippen molar-refractivity contribution in [1.82, 2.24) is 5.32 Å². The summed E-state index contributed by atoms with van der Waals surface area (Å²) in [6.07, 6.45) is 0.0757. The zero-order valence-corrected chi connectivity index (χ0v) is 12.7. The fourth-order valence-electron chi connectivity index (χ4n) is 1.35. The van der Waals surface area contributed by atoms with Crippen molar-refractivity contribution >= 4 is 23.4 Å². The van der Waals surface area contributed by atoms with E-state index in [1.165, 1.54) is 0 Å². The molecule has 0 aliphatic carbocycles. The number of benzene rings is 1. The summed E-state index contributed by atoms with van der Waals surface area (Å²) in [7, 11) is 0. The van der Waals surface area contributed by atoms with E-state index in [1.807, 2.05) is 20.8 Å². The van der Waals surface area contributed by atoms with Crippen molar-refractivity contribution in [1.29, 1.82) is 0 Å². The minimum atomic E-state index is -0.493. The molecule has 0 spiro atoms. The van der Waals surface area contributed by atoms with E-state index in [4.69, 9.17) is 22.1 Å². The number of halogens is 1. The molecule has 0 atom stereocenters. The predicted octanol–water partition coefficient (Wildman–Crippen LogP) is 3.19. The lowest BCUT2D eigenvalue weighted by Crippen LogP contribution is -2.32. The van der Waals surface area contributed by atoms with Crippen LogP contribution in [0.2, 0.25) is 5.02 Å². The summed E-state index contributed by atoms with van der Waals surface area (Å²) >= 11 is 5.80. The van der Waals surface area contributed by atoms with Gasteiger partial charge in [-0.1, -0.05) is 23.4 Å². The standard InChI is InChI=1S/C15H19ClN2O2/c1-15(2,3)20-14(19)18-9-5-4-6-11-7-8-12(16)10-13(11)17/h7-8,10H,5,9,17H2,1-3H3,(H,18,19). The van der Waals surface area contributed by atoms with Crippen LogP contribution in [0.15, 0.2) is 18.2 Å². The van der Waals surface area contributed by atoms with Gasteiger partial charge >= 0.3 is 6.09 Å². The Hall–Kier alpha value is -1.86. The Bertz CT molecular complexity index is 539. The maximum Gasteiger partial charge on any atom is 0.407 e. The number of amides is 1. The minimum Gasteiger partial charge on any atom is -0.444 e. The highest BCUT2D eigenvalue weighted by Crippen LogP contribution is 2.16. The number of hydrogen-bond donors (Lipinski definition) is 2. The number of hydrogen-bond acceptors (Lipinski definition) is 3. The number of rotatable bonds is 2. The summed E-state index contributed by atoms with van der Waals surface area (Å²) in [6.45, 7) is 5.87. The van der Waals surface area contributed by atoms with Gasteiger partial charge in [-0.05, 0) is 39.0 Å². The summed E-state index contributed by atoms with van der Waals surface area (Å²) in [5.41, 5.74) is 6.56. The molecule has 0 aliphatic heterocycles. The molecule has 108 valence electrons. The lowest BCUT2D eigenvalue weighted by molar-refractivity contribution is 0.0529. The zero-order valence-electron chi connectivity index (χ0n) is 11.9. The Morgan fingerprint density at radius 3 is 2.75 bits per heavy atom. The first-order chi connectivity index (χ1) is 9.28. The summed E-state index contributed by atoms with van der Waals surface area (Å²) in [4.78, 5) is 11.4. The van der Waals surface area contributed by atoms with Gasteiger partial charge in [0, 0.05) is 29.2 Å². The lowest BCUT2D eigenvalue weighted by atomic mass is 10.2. The molecule has 0 bridgehead atoms. The molecule has 1 rings (SSSR count). The van der Waals surface area contributed by atoms with Crippen LogP contribution in [0.25, 0.3) is 0 Å². The largest absolute Gasteiger partial charge is 0.444 e. The molecule has 0 saturated carbocycles. The Kier molecular flexibility index (Phi) is 5.72. The van der Waals surface area contributed by atoms with E-state index < -0.39 is 11.7 Å². The first-order valence-corrected chi connectivity index (χ1v) is 6.66. The van der Waals surface area contributed by atoms with E-state index in [1.54, 1.807) is 18.2 Å². The van der Waals surface area contributed by atoms with Crippen molar-refractivity contribution in [2.45, 2.75) is 32.8 Å². The second kappa shape index (κ2) is 7.06. The van der Waals surface area contributed by atoms with Gasteiger partial charge in [0.2, 0.25) is 0 Å². The summed E-state index contributed by atoms with van der Waals surface area (Å²) in [5.74, 6) is 5.87. The van der Waals surface area contributed by atoms with Gasteiger partial charge in [0.25, 0.3) is 0 Å². The second-order valence-electron chi connectivity index (χ2n) is 5.21. The molecule has 3 N–H and O–H groups in total. The number of anilines is 1. The molecule has 0 fully saturated rings. The quantitative estimate of drug-likeness (QED) is 0.500. The average Bonchev–Trinajstić information content (AvgIpc) is 2.28. The van der Waals surface area contributed by atoms with Gasteiger partial charge in [-0.2, -0.15) is 0 Å². The van der Waals surface area contributed by atoms with E-state index in [2.05, 4.69) is 17.2 Å². The second-order valence-corrected chi connectivity index (χ2v) is 5.65. The van der Waals surface area contributed by atoms with E-state index in [0.717, 1.165) is 5.56 Å². The Morgan fingerprint density at radius 1 is 1.45 bits per heavy atom. The summed E-state index contributed by atoms with van der Waals surface area (Å²) < 4.78 is 5.10. The van der Waals surface area contributed by atoms with Gasteiger partial charge in [-0.3, -0.25) is 0 Å².